The summed E-state index contributed by atoms with van der Waals surface area (Å²) in [5.74, 6) is 1.57. The summed E-state index contributed by atoms with van der Waals surface area (Å²) in [6.07, 6.45) is 7.33. The van der Waals surface area contributed by atoms with Crippen molar-refractivity contribution in [1.29, 1.82) is 0 Å². The van der Waals surface area contributed by atoms with Crippen molar-refractivity contribution in [1.82, 2.24) is 10.1 Å². The van der Waals surface area contributed by atoms with E-state index in [1.807, 2.05) is 6.92 Å². The zero-order valence-electron chi connectivity index (χ0n) is 14.3. The summed E-state index contributed by atoms with van der Waals surface area (Å²) in [5.41, 5.74) is 0.466. The summed E-state index contributed by atoms with van der Waals surface area (Å²) in [6.45, 7) is 8.86. The first kappa shape index (κ1) is 16.0. The van der Waals surface area contributed by atoms with Crippen molar-refractivity contribution < 1.29 is 9.63 Å². The van der Waals surface area contributed by atoms with Gasteiger partial charge in [-0.2, -0.15) is 0 Å². The molecular weight excluding hydrogens is 276 g/mol. The lowest BCUT2D eigenvalue weighted by Gasteiger charge is -2.48. The zero-order valence-corrected chi connectivity index (χ0v) is 14.3. The van der Waals surface area contributed by atoms with Crippen molar-refractivity contribution in [3.63, 3.8) is 0 Å². The van der Waals surface area contributed by atoms with E-state index < -0.39 is 5.60 Å². The molecule has 124 valence electrons. The maximum Gasteiger partial charge on any atom is 0.150 e. The fraction of sp³-hybridized carbons (Fsp3) is 0.833. The second kappa shape index (κ2) is 5.97. The van der Waals surface area contributed by atoms with Gasteiger partial charge in [-0.25, -0.2) is 0 Å². The van der Waals surface area contributed by atoms with Crippen molar-refractivity contribution in [2.24, 2.45) is 5.41 Å². The van der Waals surface area contributed by atoms with Crippen LogP contribution in [0.3, 0.4) is 0 Å². The standard InChI is InChI=1S/C18H30N2O2/c1-17(2)13-20(10-9-18(17,3)21)12-15-11-16(19-22-15)14-7-5-4-6-8-14/h11,14,21H,4-10,12-13H2,1-3H3/t18-/m1/s1. The maximum absolute atomic E-state index is 10.5. The summed E-state index contributed by atoms with van der Waals surface area (Å²) < 4.78 is 5.59. The molecule has 0 spiro atoms. The van der Waals surface area contributed by atoms with Crippen LogP contribution in [0.5, 0.6) is 0 Å². The minimum absolute atomic E-state index is 0.0997. The number of nitrogens with zero attached hydrogens (tertiary/aromatic N) is 2. The molecule has 1 saturated heterocycles. The topological polar surface area (TPSA) is 49.5 Å². The third-order valence-corrected chi connectivity index (χ3v) is 5.97. The van der Waals surface area contributed by atoms with Gasteiger partial charge in [-0.15, -0.1) is 0 Å². The van der Waals surface area contributed by atoms with Gasteiger partial charge in [-0.3, -0.25) is 4.90 Å². The average Bonchev–Trinajstić information content (AvgIpc) is 2.93. The molecule has 2 heterocycles. The molecule has 2 fully saturated rings. The lowest BCUT2D eigenvalue weighted by Crippen LogP contribution is -2.55. The van der Waals surface area contributed by atoms with Crippen LogP contribution in [0.1, 0.15) is 76.7 Å². The van der Waals surface area contributed by atoms with Gasteiger partial charge in [0, 0.05) is 30.5 Å². The van der Waals surface area contributed by atoms with Crippen LogP contribution in [0.15, 0.2) is 10.6 Å². The molecule has 1 aromatic heterocycles. The fourth-order valence-corrected chi connectivity index (χ4v) is 3.87. The molecular formula is C18H30N2O2. The molecule has 0 aromatic carbocycles. The van der Waals surface area contributed by atoms with Crippen LogP contribution in [-0.2, 0) is 6.54 Å². The maximum atomic E-state index is 10.5. The van der Waals surface area contributed by atoms with Crippen molar-refractivity contribution >= 4 is 0 Å². The van der Waals surface area contributed by atoms with Crippen molar-refractivity contribution in [3.8, 4) is 0 Å². The van der Waals surface area contributed by atoms with Crippen LogP contribution >= 0.6 is 0 Å². The number of aliphatic hydroxyl groups is 1. The second-order valence-corrected chi connectivity index (χ2v) is 8.17. The van der Waals surface area contributed by atoms with E-state index in [9.17, 15) is 5.11 Å². The summed E-state index contributed by atoms with van der Waals surface area (Å²) in [6, 6.07) is 2.16. The Kier molecular flexibility index (Phi) is 4.34. The highest BCUT2D eigenvalue weighted by molar-refractivity contribution is 5.12. The molecule has 1 aliphatic heterocycles. The number of likely N-dealkylation sites (tertiary alicyclic amines) is 1. The number of aromatic nitrogens is 1. The molecule has 1 saturated carbocycles. The summed E-state index contributed by atoms with van der Waals surface area (Å²) in [5, 5.41) is 14.8. The number of hydrogen-bond donors (Lipinski definition) is 1. The van der Waals surface area contributed by atoms with Crippen molar-refractivity contribution in [2.75, 3.05) is 13.1 Å². The van der Waals surface area contributed by atoms with E-state index in [0.29, 0.717) is 5.92 Å². The quantitative estimate of drug-likeness (QED) is 0.925. The molecule has 4 heteroatoms. The van der Waals surface area contributed by atoms with Crippen LogP contribution in [0.2, 0.25) is 0 Å². The molecule has 0 radical (unpaired) electrons. The molecule has 0 amide bonds. The Bertz CT molecular complexity index is 501. The first-order chi connectivity index (χ1) is 10.4. The van der Waals surface area contributed by atoms with Gasteiger partial charge in [0.15, 0.2) is 5.76 Å². The summed E-state index contributed by atoms with van der Waals surface area (Å²) >= 11 is 0. The van der Waals surface area contributed by atoms with E-state index in [2.05, 4.69) is 30.0 Å². The van der Waals surface area contributed by atoms with Gasteiger partial charge < -0.3 is 9.63 Å². The van der Waals surface area contributed by atoms with Crippen LogP contribution in [0.25, 0.3) is 0 Å². The van der Waals surface area contributed by atoms with Crippen LogP contribution in [-0.4, -0.2) is 33.9 Å². The molecule has 22 heavy (non-hydrogen) atoms. The molecule has 0 bridgehead atoms. The average molecular weight is 306 g/mol. The molecule has 1 aliphatic carbocycles. The van der Waals surface area contributed by atoms with Gasteiger partial charge in [0.1, 0.15) is 0 Å². The minimum atomic E-state index is -0.585. The van der Waals surface area contributed by atoms with Gasteiger partial charge in [0.05, 0.1) is 17.8 Å². The highest BCUT2D eigenvalue weighted by atomic mass is 16.5. The Labute approximate surface area is 133 Å². The lowest BCUT2D eigenvalue weighted by molar-refractivity contribution is -0.108. The normalized spacial score (nSPS) is 30.5. The number of hydrogen-bond acceptors (Lipinski definition) is 4. The highest BCUT2D eigenvalue weighted by Crippen LogP contribution is 2.39. The van der Waals surface area contributed by atoms with E-state index in [4.69, 9.17) is 4.52 Å². The molecule has 4 nitrogen and oxygen atoms in total. The SMILES string of the molecule is CC1(C)CN(Cc2cc(C3CCCCC3)no2)CC[C@@]1(C)O. The monoisotopic (exact) mass is 306 g/mol. The fourth-order valence-electron chi connectivity index (χ4n) is 3.87. The van der Waals surface area contributed by atoms with Crippen LogP contribution < -0.4 is 0 Å². The number of rotatable bonds is 3. The van der Waals surface area contributed by atoms with E-state index in [0.717, 1.165) is 37.5 Å². The zero-order chi connectivity index (χ0) is 15.8. The van der Waals surface area contributed by atoms with Gasteiger partial charge in [-0.05, 0) is 26.2 Å². The molecule has 3 rings (SSSR count). The van der Waals surface area contributed by atoms with E-state index in [1.165, 1.54) is 32.1 Å². The lowest BCUT2D eigenvalue weighted by atomic mass is 9.71. The van der Waals surface area contributed by atoms with Gasteiger partial charge in [-0.1, -0.05) is 38.3 Å². The van der Waals surface area contributed by atoms with Crippen LogP contribution in [0.4, 0.5) is 0 Å². The second-order valence-electron chi connectivity index (χ2n) is 8.17. The van der Waals surface area contributed by atoms with E-state index in [-0.39, 0.29) is 5.41 Å². The third kappa shape index (κ3) is 3.23. The minimum Gasteiger partial charge on any atom is -0.390 e. The van der Waals surface area contributed by atoms with Crippen LogP contribution in [0, 0.1) is 5.41 Å². The Morgan fingerprint density at radius 2 is 2.00 bits per heavy atom. The molecule has 1 atom stereocenters. The smallest absolute Gasteiger partial charge is 0.150 e. The molecule has 2 aliphatic rings. The highest BCUT2D eigenvalue weighted by Gasteiger charge is 2.44. The predicted molar refractivity (Wildman–Crippen MR) is 86.6 cm³/mol. The summed E-state index contributed by atoms with van der Waals surface area (Å²) in [4.78, 5) is 2.38. The van der Waals surface area contributed by atoms with Gasteiger partial charge in [0.2, 0.25) is 0 Å². The van der Waals surface area contributed by atoms with Gasteiger partial charge in [0.25, 0.3) is 0 Å². The summed E-state index contributed by atoms with van der Waals surface area (Å²) in [7, 11) is 0. The Hall–Kier alpha value is -0.870. The first-order valence-corrected chi connectivity index (χ1v) is 8.78. The number of piperidine rings is 1. The van der Waals surface area contributed by atoms with E-state index in [1.54, 1.807) is 0 Å². The van der Waals surface area contributed by atoms with Crippen molar-refractivity contribution in [3.05, 3.63) is 17.5 Å². The predicted octanol–water partition coefficient (Wildman–Crippen LogP) is 3.71. The third-order valence-electron chi connectivity index (χ3n) is 5.97. The molecule has 0 unspecified atom stereocenters. The largest absolute Gasteiger partial charge is 0.390 e. The van der Waals surface area contributed by atoms with E-state index >= 15 is 0 Å². The Balaban J connectivity index is 1.61. The molecule has 1 N–H and O–H groups in total. The molecule has 1 aromatic rings. The Morgan fingerprint density at radius 3 is 2.68 bits per heavy atom. The first-order valence-electron chi connectivity index (χ1n) is 8.78. The van der Waals surface area contributed by atoms with Gasteiger partial charge >= 0.3 is 0 Å². The van der Waals surface area contributed by atoms with Crippen molar-refractivity contribution in [2.45, 2.75) is 77.4 Å². The Morgan fingerprint density at radius 1 is 1.27 bits per heavy atom.